The van der Waals surface area contributed by atoms with Crippen LogP contribution in [0.1, 0.15) is 18.0 Å². The quantitative estimate of drug-likeness (QED) is 0.627. The molecular weight excluding hydrogens is 124 g/mol. The fourth-order valence-electron chi connectivity index (χ4n) is 1.46. The van der Waals surface area contributed by atoms with E-state index in [2.05, 4.69) is 11.1 Å². The minimum Gasteiger partial charge on any atom is -0.365 e. The van der Waals surface area contributed by atoms with Crippen molar-refractivity contribution < 1.29 is 0 Å². The summed E-state index contributed by atoms with van der Waals surface area (Å²) in [5.41, 5.74) is 6.87. The normalized spacial score (nSPS) is 30.5. The SMILES string of the molecule is NCC1CC1c1ccc[nH]1. The van der Waals surface area contributed by atoms with Gasteiger partial charge >= 0.3 is 0 Å². The van der Waals surface area contributed by atoms with Crippen molar-refractivity contribution in [1.82, 2.24) is 4.98 Å². The standard InChI is InChI=1S/C8H12N2/c9-5-6-4-7(6)8-2-1-3-10-8/h1-3,6-7,10H,4-5,9H2. The number of hydrogen-bond acceptors (Lipinski definition) is 1. The zero-order valence-electron chi connectivity index (χ0n) is 5.88. The van der Waals surface area contributed by atoms with Crippen LogP contribution in [0.5, 0.6) is 0 Å². The minimum absolute atomic E-state index is 0.736. The molecule has 54 valence electrons. The Hall–Kier alpha value is -0.760. The molecular formula is C8H12N2. The predicted molar refractivity (Wildman–Crippen MR) is 40.7 cm³/mol. The lowest BCUT2D eigenvalue weighted by molar-refractivity contribution is 0.800. The van der Waals surface area contributed by atoms with Gasteiger partial charge in [0.25, 0.3) is 0 Å². The Morgan fingerprint density at radius 2 is 2.60 bits per heavy atom. The van der Waals surface area contributed by atoms with Crippen LogP contribution in [0, 0.1) is 5.92 Å². The van der Waals surface area contributed by atoms with Crippen molar-refractivity contribution in [1.29, 1.82) is 0 Å². The molecule has 1 heterocycles. The highest BCUT2D eigenvalue weighted by Gasteiger charge is 2.37. The van der Waals surface area contributed by atoms with Gasteiger partial charge in [-0.15, -0.1) is 0 Å². The largest absolute Gasteiger partial charge is 0.365 e. The molecule has 2 nitrogen and oxygen atoms in total. The average Bonchev–Trinajstić information content (AvgIpc) is 2.56. The van der Waals surface area contributed by atoms with E-state index in [9.17, 15) is 0 Å². The number of nitrogens with two attached hydrogens (primary N) is 1. The van der Waals surface area contributed by atoms with Crippen LogP contribution in [0.3, 0.4) is 0 Å². The zero-order chi connectivity index (χ0) is 6.97. The molecule has 1 fully saturated rings. The predicted octanol–water partition coefficient (Wildman–Crippen LogP) is 1.08. The van der Waals surface area contributed by atoms with Crippen LogP contribution >= 0.6 is 0 Å². The number of aromatic nitrogens is 1. The summed E-state index contributed by atoms with van der Waals surface area (Å²) in [4.78, 5) is 3.21. The third-order valence-corrected chi connectivity index (χ3v) is 2.25. The lowest BCUT2D eigenvalue weighted by Gasteiger charge is -1.91. The van der Waals surface area contributed by atoms with E-state index in [4.69, 9.17) is 5.73 Å². The van der Waals surface area contributed by atoms with E-state index in [0.717, 1.165) is 18.4 Å². The second kappa shape index (κ2) is 2.13. The summed E-state index contributed by atoms with van der Waals surface area (Å²) in [7, 11) is 0. The van der Waals surface area contributed by atoms with Crippen LogP contribution in [0.2, 0.25) is 0 Å². The fourth-order valence-corrected chi connectivity index (χ4v) is 1.46. The van der Waals surface area contributed by atoms with Gasteiger partial charge in [-0.05, 0) is 31.0 Å². The Labute approximate surface area is 60.4 Å². The Balaban J connectivity index is 2.05. The van der Waals surface area contributed by atoms with Crippen molar-refractivity contribution in [3.63, 3.8) is 0 Å². The molecule has 1 aromatic heterocycles. The molecule has 0 amide bonds. The lowest BCUT2D eigenvalue weighted by atomic mass is 10.2. The highest BCUT2D eigenvalue weighted by atomic mass is 14.7. The van der Waals surface area contributed by atoms with E-state index in [1.54, 1.807) is 0 Å². The third-order valence-electron chi connectivity index (χ3n) is 2.25. The van der Waals surface area contributed by atoms with Gasteiger partial charge in [-0.25, -0.2) is 0 Å². The van der Waals surface area contributed by atoms with Gasteiger partial charge in [0.05, 0.1) is 0 Å². The Bertz CT molecular complexity index is 203. The first kappa shape index (κ1) is 5.98. The number of rotatable bonds is 2. The summed E-state index contributed by atoms with van der Waals surface area (Å²) in [6.07, 6.45) is 3.25. The van der Waals surface area contributed by atoms with Gasteiger partial charge in [0, 0.05) is 17.8 Å². The molecule has 2 rings (SSSR count). The Morgan fingerprint density at radius 1 is 1.70 bits per heavy atom. The summed E-state index contributed by atoms with van der Waals surface area (Å²) >= 11 is 0. The van der Waals surface area contributed by atoms with Crippen LogP contribution < -0.4 is 5.73 Å². The van der Waals surface area contributed by atoms with Gasteiger partial charge < -0.3 is 10.7 Å². The Morgan fingerprint density at radius 3 is 3.10 bits per heavy atom. The molecule has 3 N–H and O–H groups in total. The van der Waals surface area contributed by atoms with Crippen molar-refractivity contribution in [2.24, 2.45) is 11.7 Å². The van der Waals surface area contributed by atoms with Crippen LogP contribution in [-0.2, 0) is 0 Å². The summed E-state index contributed by atoms with van der Waals surface area (Å²) in [6.45, 7) is 0.837. The fraction of sp³-hybridized carbons (Fsp3) is 0.500. The molecule has 1 aliphatic carbocycles. The second-order valence-corrected chi connectivity index (χ2v) is 2.96. The second-order valence-electron chi connectivity index (χ2n) is 2.96. The minimum atomic E-state index is 0.736. The molecule has 1 aromatic rings. The molecule has 0 aromatic carbocycles. The molecule has 2 heteroatoms. The van der Waals surface area contributed by atoms with Gasteiger partial charge in [-0.2, -0.15) is 0 Å². The monoisotopic (exact) mass is 136 g/mol. The van der Waals surface area contributed by atoms with Gasteiger partial charge in [0.2, 0.25) is 0 Å². The molecule has 0 bridgehead atoms. The first-order valence-corrected chi connectivity index (χ1v) is 3.75. The molecule has 0 radical (unpaired) electrons. The van der Waals surface area contributed by atoms with E-state index in [-0.39, 0.29) is 0 Å². The smallest absolute Gasteiger partial charge is 0.0182 e. The van der Waals surface area contributed by atoms with Gasteiger partial charge in [-0.1, -0.05) is 0 Å². The molecule has 1 aliphatic rings. The Kier molecular flexibility index (Phi) is 1.27. The summed E-state index contributed by atoms with van der Waals surface area (Å²) in [5.74, 6) is 1.48. The van der Waals surface area contributed by atoms with E-state index in [1.807, 2.05) is 12.3 Å². The van der Waals surface area contributed by atoms with E-state index < -0.39 is 0 Å². The van der Waals surface area contributed by atoms with E-state index in [1.165, 1.54) is 12.1 Å². The van der Waals surface area contributed by atoms with Crippen LogP contribution in [0.4, 0.5) is 0 Å². The van der Waals surface area contributed by atoms with Crippen LogP contribution in [-0.4, -0.2) is 11.5 Å². The lowest BCUT2D eigenvalue weighted by Crippen LogP contribution is -2.01. The van der Waals surface area contributed by atoms with E-state index >= 15 is 0 Å². The number of hydrogen-bond donors (Lipinski definition) is 2. The molecule has 0 aliphatic heterocycles. The molecule has 1 saturated carbocycles. The maximum absolute atomic E-state index is 5.52. The van der Waals surface area contributed by atoms with Crippen LogP contribution in [0.15, 0.2) is 18.3 Å². The van der Waals surface area contributed by atoms with Gasteiger partial charge in [-0.3, -0.25) is 0 Å². The highest BCUT2D eigenvalue weighted by Crippen LogP contribution is 2.45. The van der Waals surface area contributed by atoms with E-state index in [0.29, 0.717) is 0 Å². The first-order chi connectivity index (χ1) is 4.92. The van der Waals surface area contributed by atoms with Crippen molar-refractivity contribution in [3.05, 3.63) is 24.0 Å². The summed E-state index contributed by atoms with van der Waals surface area (Å²) in [5, 5.41) is 0. The molecule has 2 unspecified atom stereocenters. The molecule has 0 saturated heterocycles. The summed E-state index contributed by atoms with van der Waals surface area (Å²) in [6, 6.07) is 4.18. The molecule has 10 heavy (non-hydrogen) atoms. The summed E-state index contributed by atoms with van der Waals surface area (Å²) < 4.78 is 0. The van der Waals surface area contributed by atoms with Crippen molar-refractivity contribution in [2.75, 3.05) is 6.54 Å². The maximum Gasteiger partial charge on any atom is 0.0182 e. The third kappa shape index (κ3) is 0.847. The van der Waals surface area contributed by atoms with Crippen LogP contribution in [0.25, 0.3) is 0 Å². The zero-order valence-corrected chi connectivity index (χ0v) is 5.88. The first-order valence-electron chi connectivity index (χ1n) is 3.75. The topological polar surface area (TPSA) is 41.8 Å². The average molecular weight is 136 g/mol. The van der Waals surface area contributed by atoms with Crippen molar-refractivity contribution in [2.45, 2.75) is 12.3 Å². The van der Waals surface area contributed by atoms with Crippen molar-refractivity contribution >= 4 is 0 Å². The van der Waals surface area contributed by atoms with Gasteiger partial charge in [0.15, 0.2) is 0 Å². The number of nitrogens with one attached hydrogen (secondary N) is 1. The van der Waals surface area contributed by atoms with Gasteiger partial charge in [0.1, 0.15) is 0 Å². The molecule has 0 spiro atoms. The number of H-pyrrole nitrogens is 1. The number of aromatic amines is 1. The highest BCUT2D eigenvalue weighted by molar-refractivity contribution is 5.18. The van der Waals surface area contributed by atoms with Crippen molar-refractivity contribution in [3.8, 4) is 0 Å². The molecule has 2 atom stereocenters. The maximum atomic E-state index is 5.52.